The quantitative estimate of drug-likeness (QED) is 0.0824. The Morgan fingerprint density at radius 3 is 1.23 bits per heavy atom. The van der Waals surface area contributed by atoms with Crippen LogP contribution < -0.4 is 0 Å². The summed E-state index contributed by atoms with van der Waals surface area (Å²) in [5.74, 6) is -1.74. The third kappa shape index (κ3) is 8.53. The Bertz CT molecular complexity index is 1910. The van der Waals surface area contributed by atoms with Crippen LogP contribution in [0.1, 0.15) is 161 Å². The van der Waals surface area contributed by atoms with E-state index in [-0.39, 0.29) is 18.1 Å². The van der Waals surface area contributed by atoms with Gasteiger partial charge in [-0.3, -0.25) is 0 Å². The van der Waals surface area contributed by atoms with Crippen molar-refractivity contribution in [3.8, 4) is 22.3 Å². The molecule has 0 radical (unpaired) electrons. The van der Waals surface area contributed by atoms with Gasteiger partial charge in [0, 0.05) is 0 Å². The Morgan fingerprint density at radius 2 is 0.893 bits per heavy atom. The second-order valence-electron chi connectivity index (χ2n) is 19.5. The van der Waals surface area contributed by atoms with Crippen LogP contribution in [-0.4, -0.2) is 5.92 Å². The number of rotatable bonds is 15. The molecule has 6 rings (SSSR count). The molecular formula is C52H69Cl2SiZr. The van der Waals surface area contributed by atoms with Crippen molar-refractivity contribution in [3.63, 3.8) is 0 Å². The monoisotopic (exact) mass is 881 g/mol. The molecule has 4 heteroatoms. The van der Waals surface area contributed by atoms with Crippen LogP contribution in [0.5, 0.6) is 0 Å². The van der Waals surface area contributed by atoms with Crippen LogP contribution >= 0.6 is 17.0 Å². The summed E-state index contributed by atoms with van der Waals surface area (Å²) in [5.41, 5.74) is 16.4. The van der Waals surface area contributed by atoms with Gasteiger partial charge in [0.25, 0.3) is 0 Å². The maximum atomic E-state index is 9.14. The Kier molecular flexibility index (Phi) is 13.5. The van der Waals surface area contributed by atoms with Gasteiger partial charge in [-0.2, -0.15) is 0 Å². The van der Waals surface area contributed by atoms with Gasteiger partial charge in [0.15, 0.2) is 0 Å². The number of fused-ring (bicyclic) bond motifs is 2. The summed E-state index contributed by atoms with van der Waals surface area (Å²) < 4.78 is 0.207. The Hall–Kier alpha value is -1.96. The van der Waals surface area contributed by atoms with E-state index in [2.05, 4.69) is 166 Å². The van der Waals surface area contributed by atoms with E-state index in [0.717, 1.165) is 0 Å². The van der Waals surface area contributed by atoms with Crippen LogP contribution in [0.25, 0.3) is 34.4 Å². The fourth-order valence-corrected chi connectivity index (χ4v) is 61.8. The Labute approximate surface area is 350 Å². The normalized spacial score (nSPS) is 17.7. The number of hydrogen-bond donors (Lipinski definition) is 0. The first-order valence-corrected chi connectivity index (χ1v) is 37.6. The molecule has 4 aromatic carbocycles. The van der Waals surface area contributed by atoms with Crippen LogP contribution in [-0.2, 0) is 26.4 Å². The zero-order valence-corrected chi connectivity index (χ0v) is 41.4. The average molecular weight is 884 g/mol. The molecule has 0 aliphatic heterocycles. The molecule has 0 bridgehead atoms. The summed E-state index contributed by atoms with van der Waals surface area (Å²) in [6, 6.07) is 35.1. The SMILES string of the molecule is CCCCCC[SiH](CCCCCC)[Zr]([Cl])([Cl])([CH]1C(C)=Cc2c(-c3ccc(C(C)(C)C)cc3)cccc21)[CH]1C(C)=Cc2c(-c3ccc(C(C)(C)C)cc3)cccc21. The van der Waals surface area contributed by atoms with Crippen LogP contribution in [0.3, 0.4) is 0 Å². The molecule has 0 N–H and O–H groups in total. The van der Waals surface area contributed by atoms with Gasteiger partial charge < -0.3 is 0 Å². The van der Waals surface area contributed by atoms with Gasteiger partial charge in [-0.1, -0.05) is 0 Å². The van der Waals surface area contributed by atoms with Crippen LogP contribution in [0, 0.1) is 0 Å². The number of benzene rings is 4. The summed E-state index contributed by atoms with van der Waals surface area (Å²) in [6.07, 6.45) is 15.1. The van der Waals surface area contributed by atoms with Gasteiger partial charge in [0.2, 0.25) is 0 Å². The molecule has 2 aliphatic rings. The topological polar surface area (TPSA) is 0 Å². The van der Waals surface area contributed by atoms with E-state index in [1.54, 1.807) is 0 Å². The predicted molar refractivity (Wildman–Crippen MR) is 251 cm³/mol. The third-order valence-corrected chi connectivity index (χ3v) is 62.2. The van der Waals surface area contributed by atoms with Crippen molar-refractivity contribution in [3.05, 3.63) is 129 Å². The molecule has 0 spiro atoms. The molecule has 0 nitrogen and oxygen atoms in total. The number of allylic oxidation sites excluding steroid dienone is 2. The van der Waals surface area contributed by atoms with Crippen LogP contribution in [0.15, 0.2) is 96.1 Å². The standard InChI is InChI=1S/2C20H21.C12H27Si.2ClH.Zr/c2*1-14-12-16-6-5-7-18(19(16)13-14)15-8-10-17(11-9-15)20(2,3)4;1-3-5-7-9-11-13-12-10-8-6-4-2;;;/h2*5-13H,1-4H3;13H,3-12H2,1-2H3;2*1H;/q;;;;;+2/p-2. The fraction of sp³-hybridized carbons (Fsp3) is 0.462. The van der Waals surface area contributed by atoms with Crippen molar-refractivity contribution in [2.75, 3.05) is 0 Å². The molecule has 0 saturated carbocycles. The van der Waals surface area contributed by atoms with Gasteiger partial charge in [-0.15, -0.1) is 0 Å². The first kappa shape index (κ1) is 43.6. The summed E-state index contributed by atoms with van der Waals surface area (Å²) in [7, 11) is 18.3. The van der Waals surface area contributed by atoms with E-state index >= 15 is 0 Å². The molecule has 299 valence electrons. The summed E-state index contributed by atoms with van der Waals surface area (Å²) >= 11 is -5.02. The van der Waals surface area contributed by atoms with Crippen LogP contribution in [0.2, 0.25) is 12.1 Å². The van der Waals surface area contributed by atoms with Crippen molar-refractivity contribution in [2.24, 2.45) is 0 Å². The summed E-state index contributed by atoms with van der Waals surface area (Å²) in [4.78, 5) is 0. The van der Waals surface area contributed by atoms with Gasteiger partial charge in [0.05, 0.1) is 0 Å². The predicted octanol–water partition coefficient (Wildman–Crippen LogP) is 17.1. The van der Waals surface area contributed by atoms with Crippen LogP contribution in [0.4, 0.5) is 0 Å². The van der Waals surface area contributed by atoms with E-state index in [1.807, 2.05) is 0 Å². The van der Waals surface area contributed by atoms with E-state index in [9.17, 15) is 0 Å². The first-order valence-electron chi connectivity index (χ1n) is 21.9. The zero-order chi connectivity index (χ0) is 40.5. The number of halogens is 2. The molecule has 2 aliphatic carbocycles. The molecule has 2 atom stereocenters. The van der Waals surface area contributed by atoms with Crippen molar-refractivity contribution in [1.29, 1.82) is 0 Å². The van der Waals surface area contributed by atoms with E-state index in [1.165, 1.54) is 130 Å². The van der Waals surface area contributed by atoms with Crippen molar-refractivity contribution in [1.82, 2.24) is 0 Å². The summed E-state index contributed by atoms with van der Waals surface area (Å²) in [5, 5.41) is 0. The molecule has 0 amide bonds. The second-order valence-corrected chi connectivity index (χ2v) is 59.8. The van der Waals surface area contributed by atoms with E-state index in [4.69, 9.17) is 17.0 Å². The minimum absolute atomic E-state index is 0.103. The third-order valence-electron chi connectivity index (χ3n) is 13.4. The molecule has 0 aromatic heterocycles. The maximum absolute atomic E-state index is 9.14. The molecular weight excluding hydrogens is 815 g/mol. The first-order chi connectivity index (χ1) is 26.5. The van der Waals surface area contributed by atoms with Gasteiger partial charge >= 0.3 is 353 Å². The Balaban J connectivity index is 1.54. The van der Waals surface area contributed by atoms with Crippen molar-refractivity contribution >= 4 is 35.1 Å². The molecule has 0 fully saturated rings. The van der Waals surface area contributed by atoms with Gasteiger partial charge in [0.1, 0.15) is 0 Å². The average Bonchev–Trinajstić information content (AvgIpc) is 3.70. The van der Waals surface area contributed by atoms with E-state index < -0.39 is 21.5 Å². The number of hydrogen-bond acceptors (Lipinski definition) is 0. The van der Waals surface area contributed by atoms with Crippen molar-refractivity contribution < 1.29 is 15.6 Å². The number of unbranched alkanes of at least 4 members (excludes halogenated alkanes) is 6. The molecule has 2 unspecified atom stereocenters. The van der Waals surface area contributed by atoms with E-state index in [0.29, 0.717) is 0 Å². The van der Waals surface area contributed by atoms with Gasteiger partial charge in [-0.05, 0) is 0 Å². The zero-order valence-electron chi connectivity index (χ0n) is 36.3. The molecule has 0 heterocycles. The minimum atomic E-state index is -5.02. The Morgan fingerprint density at radius 1 is 0.518 bits per heavy atom. The molecule has 0 saturated heterocycles. The van der Waals surface area contributed by atoms with Crippen molar-refractivity contribution in [2.45, 2.75) is 151 Å². The second kappa shape index (κ2) is 17.3. The fourth-order valence-electron chi connectivity index (χ4n) is 10.3. The molecule has 4 aromatic rings. The summed E-state index contributed by atoms with van der Waals surface area (Å²) in [6.45, 7) is 23.1. The molecule has 56 heavy (non-hydrogen) atoms. The van der Waals surface area contributed by atoms with Gasteiger partial charge in [-0.25, -0.2) is 0 Å².